The number of aryl methyl sites for hydroxylation is 1. The first-order chi connectivity index (χ1) is 9.72. The molecule has 3 N–H and O–H groups in total. The van der Waals surface area contributed by atoms with Gasteiger partial charge in [-0.25, -0.2) is 0 Å². The van der Waals surface area contributed by atoms with Crippen LogP contribution < -0.4 is 10.5 Å². The summed E-state index contributed by atoms with van der Waals surface area (Å²) in [5, 5.41) is 3.96. The monoisotopic (exact) mass is 364 g/mol. The molecule has 0 aliphatic rings. The predicted molar refractivity (Wildman–Crippen MR) is 86.4 cm³/mol. The Hall–Kier alpha value is -1.35. The van der Waals surface area contributed by atoms with Gasteiger partial charge < -0.3 is 5.73 Å². The highest BCUT2D eigenvalue weighted by Gasteiger charge is 2.24. The van der Waals surface area contributed by atoms with Gasteiger partial charge in [0.1, 0.15) is 4.99 Å². The summed E-state index contributed by atoms with van der Waals surface area (Å²) in [4.78, 5) is 0.0421. The van der Waals surface area contributed by atoms with Crippen molar-refractivity contribution in [3.63, 3.8) is 0 Å². The molecule has 1 heterocycles. The maximum Gasteiger partial charge on any atom is 0.280 e. The molecule has 21 heavy (non-hydrogen) atoms. The van der Waals surface area contributed by atoms with E-state index in [9.17, 15) is 8.42 Å². The molecule has 1 aromatic carbocycles. The van der Waals surface area contributed by atoms with E-state index in [2.05, 4.69) is 9.82 Å². The maximum absolute atomic E-state index is 12.4. The number of hydrogen-bond donors (Lipinski definition) is 2. The summed E-state index contributed by atoms with van der Waals surface area (Å²) in [5.74, 6) is 0. The van der Waals surface area contributed by atoms with Crippen LogP contribution in [-0.4, -0.2) is 23.2 Å². The van der Waals surface area contributed by atoms with Gasteiger partial charge in [0.2, 0.25) is 0 Å². The van der Waals surface area contributed by atoms with E-state index in [0.717, 1.165) is 4.68 Å². The van der Waals surface area contributed by atoms with Gasteiger partial charge in [0.05, 0.1) is 16.9 Å². The van der Waals surface area contributed by atoms with E-state index in [0.29, 0.717) is 10.6 Å². The molecular formula is C11H10Cl2N4O2S2. The third kappa shape index (κ3) is 3.29. The van der Waals surface area contributed by atoms with Gasteiger partial charge in [-0.15, -0.1) is 0 Å². The zero-order valence-corrected chi connectivity index (χ0v) is 13.8. The predicted octanol–water partition coefficient (Wildman–Crippen LogP) is 2.16. The van der Waals surface area contributed by atoms with E-state index in [1.54, 1.807) is 6.07 Å². The van der Waals surface area contributed by atoms with E-state index in [1.165, 1.54) is 25.4 Å². The van der Waals surface area contributed by atoms with Crippen LogP contribution in [0.1, 0.15) is 5.56 Å². The highest BCUT2D eigenvalue weighted by atomic mass is 35.5. The van der Waals surface area contributed by atoms with Crippen LogP contribution in [0.4, 0.5) is 5.69 Å². The van der Waals surface area contributed by atoms with Crippen LogP contribution in [0.15, 0.2) is 29.4 Å². The average Bonchev–Trinajstić information content (AvgIpc) is 2.68. The number of anilines is 1. The summed E-state index contributed by atoms with van der Waals surface area (Å²) < 4.78 is 28.3. The Balaban J connectivity index is 2.51. The zero-order valence-electron chi connectivity index (χ0n) is 10.7. The maximum atomic E-state index is 12.4. The topological polar surface area (TPSA) is 90.0 Å². The van der Waals surface area contributed by atoms with Crippen LogP contribution in [0.5, 0.6) is 0 Å². The number of nitrogens with one attached hydrogen (secondary N) is 1. The van der Waals surface area contributed by atoms with Gasteiger partial charge in [-0.2, -0.15) is 13.5 Å². The molecule has 0 atom stereocenters. The number of thiocarbonyl (C=S) groups is 1. The molecule has 1 aromatic heterocycles. The van der Waals surface area contributed by atoms with Gasteiger partial charge >= 0.3 is 0 Å². The first-order valence-electron chi connectivity index (χ1n) is 5.52. The molecule has 0 radical (unpaired) electrons. The van der Waals surface area contributed by atoms with Crippen molar-refractivity contribution < 1.29 is 8.42 Å². The molecule has 0 spiro atoms. The largest absolute Gasteiger partial charge is 0.389 e. The Kier molecular flexibility index (Phi) is 4.43. The van der Waals surface area contributed by atoms with Gasteiger partial charge in [0, 0.05) is 17.6 Å². The number of rotatable bonds is 4. The molecule has 6 nitrogen and oxygen atoms in total. The third-order valence-electron chi connectivity index (χ3n) is 2.59. The Morgan fingerprint density at radius 1 is 1.43 bits per heavy atom. The summed E-state index contributed by atoms with van der Waals surface area (Å²) in [6, 6.07) is 4.51. The number of aromatic nitrogens is 2. The number of hydrogen-bond acceptors (Lipinski definition) is 4. The lowest BCUT2D eigenvalue weighted by molar-refractivity contribution is 0.582. The van der Waals surface area contributed by atoms with E-state index in [-0.39, 0.29) is 20.7 Å². The molecule has 0 fully saturated rings. The molecule has 0 saturated heterocycles. The van der Waals surface area contributed by atoms with Crippen molar-refractivity contribution in [2.45, 2.75) is 5.03 Å². The number of halogens is 2. The molecular weight excluding hydrogens is 355 g/mol. The number of nitrogens with two attached hydrogens (primary N) is 1. The van der Waals surface area contributed by atoms with E-state index in [4.69, 9.17) is 41.2 Å². The van der Waals surface area contributed by atoms with Crippen LogP contribution in [-0.2, 0) is 17.1 Å². The van der Waals surface area contributed by atoms with Gasteiger partial charge in [0.15, 0.2) is 5.03 Å². The first kappa shape index (κ1) is 16.0. The quantitative estimate of drug-likeness (QED) is 0.811. The molecule has 0 aliphatic heterocycles. The fourth-order valence-corrected chi connectivity index (χ4v) is 3.79. The number of nitrogens with zero attached hydrogens (tertiary/aromatic N) is 2. The van der Waals surface area contributed by atoms with Crippen molar-refractivity contribution >= 4 is 56.1 Å². The lowest BCUT2D eigenvalue weighted by Gasteiger charge is -2.12. The van der Waals surface area contributed by atoms with Crippen LogP contribution in [0.3, 0.4) is 0 Å². The molecule has 0 bridgehead atoms. The van der Waals surface area contributed by atoms with Crippen molar-refractivity contribution in [3.8, 4) is 0 Å². The van der Waals surface area contributed by atoms with Crippen LogP contribution in [0, 0.1) is 0 Å². The van der Waals surface area contributed by atoms with Crippen LogP contribution >= 0.6 is 35.4 Å². The Morgan fingerprint density at radius 3 is 2.62 bits per heavy atom. The summed E-state index contributed by atoms with van der Waals surface area (Å²) in [7, 11) is -2.49. The standard InChI is InChI=1S/C11H10Cl2N4O2S2/c1-17-11(8(13)5-15-17)21(18,19)16-9-4-6(12)2-3-7(9)10(14)20/h2-5,16H,1H3,(H2,14,20). The van der Waals surface area contributed by atoms with Gasteiger partial charge in [-0.05, 0) is 18.2 Å². The van der Waals surface area contributed by atoms with Crippen LogP contribution in [0.25, 0.3) is 0 Å². The minimum atomic E-state index is -3.96. The van der Waals surface area contributed by atoms with Gasteiger partial charge in [0.25, 0.3) is 10.0 Å². The van der Waals surface area contributed by atoms with Crippen molar-refractivity contribution in [1.29, 1.82) is 0 Å². The average molecular weight is 365 g/mol. The Bertz CT molecular complexity index is 798. The second-order valence-corrected chi connectivity index (χ2v) is 6.96. The molecule has 112 valence electrons. The second-order valence-electron chi connectivity index (χ2n) is 4.08. The van der Waals surface area contributed by atoms with Crippen molar-refractivity contribution in [3.05, 3.63) is 40.0 Å². The molecule has 0 unspecified atom stereocenters. The smallest absolute Gasteiger partial charge is 0.280 e. The van der Waals surface area contributed by atoms with Crippen molar-refractivity contribution in [2.24, 2.45) is 12.8 Å². The number of benzene rings is 1. The summed E-state index contributed by atoms with van der Waals surface area (Å²) in [6.07, 6.45) is 1.24. The normalized spacial score (nSPS) is 11.4. The SMILES string of the molecule is Cn1ncc(Cl)c1S(=O)(=O)Nc1cc(Cl)ccc1C(N)=S. The zero-order chi connectivity index (χ0) is 15.8. The molecule has 0 aliphatic carbocycles. The lowest BCUT2D eigenvalue weighted by atomic mass is 10.2. The summed E-state index contributed by atoms with van der Waals surface area (Å²) in [6.45, 7) is 0. The minimum Gasteiger partial charge on any atom is -0.389 e. The van der Waals surface area contributed by atoms with Crippen molar-refractivity contribution in [2.75, 3.05) is 4.72 Å². The first-order valence-corrected chi connectivity index (χ1v) is 8.17. The van der Waals surface area contributed by atoms with E-state index in [1.807, 2.05) is 0 Å². The fourth-order valence-electron chi connectivity index (χ4n) is 1.71. The summed E-state index contributed by atoms with van der Waals surface area (Å²) in [5.41, 5.74) is 6.10. The highest BCUT2D eigenvalue weighted by Crippen LogP contribution is 2.26. The summed E-state index contributed by atoms with van der Waals surface area (Å²) >= 11 is 16.6. The molecule has 2 rings (SSSR count). The van der Waals surface area contributed by atoms with Crippen LogP contribution in [0.2, 0.25) is 10.0 Å². The van der Waals surface area contributed by atoms with E-state index < -0.39 is 10.0 Å². The Labute approximate surface area is 136 Å². The van der Waals surface area contributed by atoms with E-state index >= 15 is 0 Å². The minimum absolute atomic E-state index is 0.00361. The van der Waals surface area contributed by atoms with Gasteiger partial charge in [-0.1, -0.05) is 35.4 Å². The van der Waals surface area contributed by atoms with Gasteiger partial charge in [-0.3, -0.25) is 9.40 Å². The Morgan fingerprint density at radius 2 is 2.10 bits per heavy atom. The van der Waals surface area contributed by atoms with Crippen molar-refractivity contribution in [1.82, 2.24) is 9.78 Å². The fraction of sp³-hybridized carbons (Fsp3) is 0.0909. The number of sulfonamides is 1. The highest BCUT2D eigenvalue weighted by molar-refractivity contribution is 7.92. The molecule has 0 saturated carbocycles. The lowest BCUT2D eigenvalue weighted by Crippen LogP contribution is -2.20. The second kappa shape index (κ2) is 5.80. The molecule has 2 aromatic rings. The third-order valence-corrected chi connectivity index (χ3v) is 4.91. The molecule has 0 amide bonds. The molecule has 10 heteroatoms.